The second-order valence-electron chi connectivity index (χ2n) is 6.50. The largest absolute Gasteiger partial charge is 0.342 e. The highest BCUT2D eigenvalue weighted by Crippen LogP contribution is 2.18. The summed E-state index contributed by atoms with van der Waals surface area (Å²) in [6.07, 6.45) is 5.67. The van der Waals surface area contributed by atoms with Gasteiger partial charge in [0.2, 0.25) is 5.91 Å². The van der Waals surface area contributed by atoms with Gasteiger partial charge in [0, 0.05) is 38.4 Å². The van der Waals surface area contributed by atoms with Crippen LogP contribution in [-0.2, 0) is 9.59 Å². The van der Waals surface area contributed by atoms with E-state index in [2.05, 4.69) is 12.2 Å². The fourth-order valence-corrected chi connectivity index (χ4v) is 2.52. The second-order valence-corrected chi connectivity index (χ2v) is 6.50. The summed E-state index contributed by atoms with van der Waals surface area (Å²) in [7, 11) is 0. The summed E-state index contributed by atoms with van der Waals surface area (Å²) >= 11 is 0. The minimum absolute atomic E-state index is 0.169. The molecule has 0 atom stereocenters. The van der Waals surface area contributed by atoms with Gasteiger partial charge in [0.05, 0.1) is 0 Å². The monoisotopic (exact) mass is 296 g/mol. The maximum absolute atomic E-state index is 11.8. The van der Waals surface area contributed by atoms with Gasteiger partial charge in [-0.05, 0) is 31.7 Å². The molecule has 1 rings (SSSR count). The van der Waals surface area contributed by atoms with Crippen molar-refractivity contribution in [3.05, 3.63) is 0 Å². The van der Waals surface area contributed by atoms with Crippen molar-refractivity contribution in [2.24, 2.45) is 11.8 Å². The molecule has 0 aromatic rings. The average Bonchev–Trinajstić information content (AvgIpc) is 2.40. The molecule has 0 unspecified atom stereocenters. The number of rotatable bonds is 11. The first-order valence-electron chi connectivity index (χ1n) is 8.55. The number of nitrogens with zero attached hydrogens (tertiary/aromatic N) is 1. The summed E-state index contributed by atoms with van der Waals surface area (Å²) in [5, 5.41) is 3.32. The smallest absolute Gasteiger partial charge is 0.223 e. The lowest BCUT2D eigenvalue weighted by molar-refractivity contribution is -0.137. The minimum Gasteiger partial charge on any atom is -0.342 e. The van der Waals surface area contributed by atoms with E-state index in [0.717, 1.165) is 51.4 Å². The van der Waals surface area contributed by atoms with Crippen LogP contribution in [0.3, 0.4) is 0 Å². The molecule has 0 spiro atoms. The third-order valence-corrected chi connectivity index (χ3v) is 4.32. The Labute approximate surface area is 129 Å². The molecule has 0 aromatic heterocycles. The number of hydrogen-bond acceptors (Lipinski definition) is 3. The van der Waals surface area contributed by atoms with Crippen LogP contribution in [0.4, 0.5) is 0 Å². The van der Waals surface area contributed by atoms with Crippen molar-refractivity contribution >= 4 is 11.7 Å². The zero-order chi connectivity index (χ0) is 15.7. The van der Waals surface area contributed by atoms with Gasteiger partial charge in [-0.3, -0.25) is 9.59 Å². The lowest BCUT2D eigenvalue weighted by atomic mass is 9.97. The van der Waals surface area contributed by atoms with Gasteiger partial charge in [0.25, 0.3) is 0 Å². The number of carbonyl (C=O) groups is 2. The second kappa shape index (κ2) is 9.93. The Morgan fingerprint density at radius 1 is 1.10 bits per heavy atom. The lowest BCUT2D eigenvalue weighted by Crippen LogP contribution is -2.50. The summed E-state index contributed by atoms with van der Waals surface area (Å²) in [5.74, 6) is 1.56. The van der Waals surface area contributed by atoms with Crippen molar-refractivity contribution in [3.8, 4) is 0 Å². The van der Waals surface area contributed by atoms with Gasteiger partial charge >= 0.3 is 0 Å². The maximum atomic E-state index is 11.8. The highest BCUT2D eigenvalue weighted by molar-refractivity contribution is 5.80. The number of ketones is 1. The molecule has 1 aliphatic rings. The molecule has 1 fully saturated rings. The zero-order valence-electron chi connectivity index (χ0n) is 14.0. The van der Waals surface area contributed by atoms with Crippen molar-refractivity contribution in [3.63, 3.8) is 0 Å². The summed E-state index contributed by atoms with van der Waals surface area (Å²) in [6, 6.07) is 0. The predicted molar refractivity (Wildman–Crippen MR) is 86.2 cm³/mol. The topological polar surface area (TPSA) is 49.4 Å². The van der Waals surface area contributed by atoms with Crippen LogP contribution in [0, 0.1) is 11.8 Å². The van der Waals surface area contributed by atoms with Crippen LogP contribution in [0.1, 0.15) is 59.3 Å². The third kappa shape index (κ3) is 7.07. The van der Waals surface area contributed by atoms with E-state index < -0.39 is 0 Å². The molecule has 4 nitrogen and oxygen atoms in total. The van der Waals surface area contributed by atoms with E-state index in [9.17, 15) is 9.59 Å². The van der Waals surface area contributed by atoms with E-state index in [0.29, 0.717) is 18.6 Å². The van der Waals surface area contributed by atoms with Crippen LogP contribution in [0.15, 0.2) is 0 Å². The summed E-state index contributed by atoms with van der Waals surface area (Å²) in [4.78, 5) is 25.2. The van der Waals surface area contributed by atoms with Gasteiger partial charge in [0.15, 0.2) is 0 Å². The van der Waals surface area contributed by atoms with Crippen molar-refractivity contribution in [2.75, 3.05) is 26.2 Å². The Bertz CT molecular complexity index is 323. The minimum atomic E-state index is 0.169. The highest BCUT2D eigenvalue weighted by atomic mass is 16.2. The highest BCUT2D eigenvalue weighted by Gasteiger charge is 2.28. The molecule has 1 aliphatic heterocycles. The molecule has 0 radical (unpaired) electrons. The summed E-state index contributed by atoms with van der Waals surface area (Å²) in [5.41, 5.74) is 0. The Balaban J connectivity index is 1.87. The SMILES string of the molecule is CCC1CN(C(=O)CCNCCCCCC(=O)C(C)C)C1. The van der Waals surface area contributed by atoms with Crippen molar-refractivity contribution in [2.45, 2.75) is 59.3 Å². The van der Waals surface area contributed by atoms with E-state index in [-0.39, 0.29) is 11.8 Å². The van der Waals surface area contributed by atoms with Crippen LogP contribution in [0.25, 0.3) is 0 Å². The molecule has 21 heavy (non-hydrogen) atoms. The van der Waals surface area contributed by atoms with Crippen LogP contribution in [0.2, 0.25) is 0 Å². The Morgan fingerprint density at radius 2 is 1.81 bits per heavy atom. The molecular weight excluding hydrogens is 264 g/mol. The normalized spacial score (nSPS) is 15.3. The van der Waals surface area contributed by atoms with Crippen molar-refractivity contribution < 1.29 is 9.59 Å². The number of amides is 1. The third-order valence-electron chi connectivity index (χ3n) is 4.32. The molecule has 0 bridgehead atoms. The van der Waals surface area contributed by atoms with Gasteiger partial charge in [-0.1, -0.05) is 27.2 Å². The molecule has 1 amide bonds. The molecule has 0 aromatic carbocycles. The van der Waals surface area contributed by atoms with Crippen molar-refractivity contribution in [1.82, 2.24) is 10.2 Å². The molecule has 4 heteroatoms. The fourth-order valence-electron chi connectivity index (χ4n) is 2.52. The summed E-state index contributed by atoms with van der Waals surface area (Å²) < 4.78 is 0. The van der Waals surface area contributed by atoms with Crippen LogP contribution >= 0.6 is 0 Å². The Morgan fingerprint density at radius 3 is 2.43 bits per heavy atom. The van der Waals surface area contributed by atoms with E-state index in [4.69, 9.17) is 0 Å². The molecule has 1 heterocycles. The van der Waals surface area contributed by atoms with E-state index in [1.807, 2.05) is 18.7 Å². The first kappa shape index (κ1) is 18.1. The average molecular weight is 296 g/mol. The fraction of sp³-hybridized carbons (Fsp3) is 0.882. The molecule has 0 saturated carbocycles. The number of hydrogen-bond donors (Lipinski definition) is 1. The molecular formula is C17H32N2O2. The van der Waals surface area contributed by atoms with Gasteiger partial charge in [-0.25, -0.2) is 0 Å². The number of carbonyl (C=O) groups excluding carboxylic acids is 2. The van der Waals surface area contributed by atoms with Gasteiger partial charge in [0.1, 0.15) is 5.78 Å². The Hall–Kier alpha value is -0.900. The molecule has 122 valence electrons. The van der Waals surface area contributed by atoms with Crippen LogP contribution < -0.4 is 5.32 Å². The van der Waals surface area contributed by atoms with Gasteiger partial charge in [-0.15, -0.1) is 0 Å². The van der Waals surface area contributed by atoms with Gasteiger partial charge < -0.3 is 10.2 Å². The number of nitrogens with one attached hydrogen (secondary N) is 1. The molecule has 1 saturated heterocycles. The predicted octanol–water partition coefficient (Wildman–Crippen LogP) is 2.62. The first-order valence-corrected chi connectivity index (χ1v) is 8.55. The van der Waals surface area contributed by atoms with Crippen LogP contribution in [0.5, 0.6) is 0 Å². The van der Waals surface area contributed by atoms with E-state index >= 15 is 0 Å². The standard InChI is InChI=1S/C17H32N2O2/c1-4-15-12-19(13-15)17(21)9-11-18-10-7-5-6-8-16(20)14(2)3/h14-15,18H,4-13H2,1-3H3. The van der Waals surface area contributed by atoms with Gasteiger partial charge in [-0.2, -0.15) is 0 Å². The van der Waals surface area contributed by atoms with E-state index in [1.54, 1.807) is 0 Å². The van der Waals surface area contributed by atoms with E-state index in [1.165, 1.54) is 6.42 Å². The number of Topliss-reactive ketones (excluding diaryl/α,β-unsaturated/α-hetero) is 1. The number of likely N-dealkylation sites (tertiary alicyclic amines) is 1. The number of unbranched alkanes of at least 4 members (excludes halogenated alkanes) is 2. The maximum Gasteiger partial charge on any atom is 0.223 e. The first-order chi connectivity index (χ1) is 10.0. The molecule has 0 aliphatic carbocycles. The quantitative estimate of drug-likeness (QED) is 0.596. The van der Waals surface area contributed by atoms with Crippen LogP contribution in [-0.4, -0.2) is 42.8 Å². The zero-order valence-corrected chi connectivity index (χ0v) is 14.0. The van der Waals surface area contributed by atoms with Crippen molar-refractivity contribution in [1.29, 1.82) is 0 Å². The molecule has 1 N–H and O–H groups in total. The Kier molecular flexibility index (Phi) is 8.58. The summed E-state index contributed by atoms with van der Waals surface area (Å²) in [6.45, 7) is 9.74. The lowest BCUT2D eigenvalue weighted by Gasteiger charge is -2.39.